The lowest BCUT2D eigenvalue weighted by atomic mass is 10.2. The maximum Gasteiger partial charge on any atom is 0.263 e. The Labute approximate surface area is 106 Å². The van der Waals surface area contributed by atoms with Crippen molar-refractivity contribution in [3.63, 3.8) is 0 Å². The van der Waals surface area contributed by atoms with Crippen LogP contribution in [-0.2, 0) is 0 Å². The van der Waals surface area contributed by atoms with Gasteiger partial charge in [-0.05, 0) is 6.42 Å². The summed E-state index contributed by atoms with van der Waals surface area (Å²) in [6.45, 7) is 1.80. The van der Waals surface area contributed by atoms with Crippen molar-refractivity contribution in [2.45, 2.75) is 18.7 Å². The number of benzene rings is 1. The second-order valence-corrected chi connectivity index (χ2v) is 4.10. The third kappa shape index (κ3) is 2.33. The van der Waals surface area contributed by atoms with E-state index in [2.05, 4.69) is 10.1 Å². The van der Waals surface area contributed by atoms with E-state index < -0.39 is 28.4 Å². The van der Waals surface area contributed by atoms with Gasteiger partial charge < -0.3 is 4.52 Å². The molecule has 2 rings (SSSR count). The zero-order valence-electron chi connectivity index (χ0n) is 9.25. The van der Waals surface area contributed by atoms with Crippen LogP contribution in [0.15, 0.2) is 16.7 Å². The van der Waals surface area contributed by atoms with Crippen LogP contribution in [0, 0.1) is 17.5 Å². The van der Waals surface area contributed by atoms with Crippen molar-refractivity contribution in [1.29, 1.82) is 0 Å². The summed E-state index contributed by atoms with van der Waals surface area (Å²) in [6, 6.07) is 1.08. The molecule has 96 valence electrons. The van der Waals surface area contributed by atoms with E-state index in [0.717, 1.165) is 0 Å². The summed E-state index contributed by atoms with van der Waals surface area (Å²) in [7, 11) is 0. The fourth-order valence-corrected chi connectivity index (χ4v) is 1.48. The molecule has 0 fully saturated rings. The van der Waals surface area contributed by atoms with Crippen LogP contribution in [0.1, 0.15) is 24.5 Å². The molecule has 1 aromatic carbocycles. The third-order valence-corrected chi connectivity index (χ3v) is 2.80. The summed E-state index contributed by atoms with van der Waals surface area (Å²) < 4.78 is 44.4. The molecule has 2 aromatic rings. The van der Waals surface area contributed by atoms with E-state index in [1.165, 1.54) is 0 Å². The smallest absolute Gasteiger partial charge is 0.263 e. The molecule has 0 saturated carbocycles. The standard InChI is InChI=1S/C11H8ClF3N2O/c1-2-6(12)10-16-11(18-17-10)9-7(14)3-5(13)4-8(9)15/h3-4,6H,2H2,1H3. The Morgan fingerprint density at radius 1 is 1.28 bits per heavy atom. The van der Waals surface area contributed by atoms with Crippen molar-refractivity contribution < 1.29 is 17.7 Å². The second-order valence-electron chi connectivity index (χ2n) is 3.58. The molecule has 0 amide bonds. The highest BCUT2D eigenvalue weighted by Gasteiger charge is 2.21. The van der Waals surface area contributed by atoms with Crippen LogP contribution in [0.5, 0.6) is 0 Å². The number of nitrogens with zero attached hydrogens (tertiary/aromatic N) is 2. The number of halogens is 4. The lowest BCUT2D eigenvalue weighted by Crippen LogP contribution is -1.94. The van der Waals surface area contributed by atoms with Gasteiger partial charge in [-0.15, -0.1) is 11.6 Å². The van der Waals surface area contributed by atoms with Gasteiger partial charge in [0.05, 0.1) is 5.38 Å². The van der Waals surface area contributed by atoms with Gasteiger partial charge >= 0.3 is 0 Å². The van der Waals surface area contributed by atoms with Crippen LogP contribution in [0.25, 0.3) is 11.5 Å². The van der Waals surface area contributed by atoms with E-state index in [4.69, 9.17) is 16.1 Å². The van der Waals surface area contributed by atoms with Crippen molar-refractivity contribution in [1.82, 2.24) is 10.1 Å². The van der Waals surface area contributed by atoms with Gasteiger partial charge in [-0.2, -0.15) is 4.98 Å². The quantitative estimate of drug-likeness (QED) is 0.800. The van der Waals surface area contributed by atoms with Crippen LogP contribution >= 0.6 is 11.6 Å². The Morgan fingerprint density at radius 3 is 2.44 bits per heavy atom. The van der Waals surface area contributed by atoms with Crippen molar-refractivity contribution in [2.75, 3.05) is 0 Å². The van der Waals surface area contributed by atoms with Gasteiger partial charge in [-0.1, -0.05) is 12.1 Å². The highest BCUT2D eigenvalue weighted by Crippen LogP contribution is 2.28. The molecule has 0 aliphatic rings. The first-order chi connectivity index (χ1) is 8.52. The molecule has 0 N–H and O–H groups in total. The predicted octanol–water partition coefficient (Wildman–Crippen LogP) is 3.84. The van der Waals surface area contributed by atoms with Gasteiger partial charge in [0.1, 0.15) is 23.0 Å². The van der Waals surface area contributed by atoms with Crippen molar-refractivity contribution in [3.05, 3.63) is 35.4 Å². The van der Waals surface area contributed by atoms with Crippen molar-refractivity contribution in [2.24, 2.45) is 0 Å². The number of rotatable bonds is 3. The summed E-state index contributed by atoms with van der Waals surface area (Å²) in [5, 5.41) is 3.02. The second kappa shape index (κ2) is 4.97. The molecular weight excluding hydrogens is 269 g/mol. The number of hydrogen-bond donors (Lipinski definition) is 0. The number of hydrogen-bond acceptors (Lipinski definition) is 3. The molecule has 1 aromatic heterocycles. The van der Waals surface area contributed by atoms with Gasteiger partial charge in [0, 0.05) is 12.1 Å². The molecule has 3 nitrogen and oxygen atoms in total. The van der Waals surface area contributed by atoms with Gasteiger partial charge in [0.15, 0.2) is 5.82 Å². The molecule has 7 heteroatoms. The largest absolute Gasteiger partial charge is 0.334 e. The molecule has 18 heavy (non-hydrogen) atoms. The zero-order valence-corrected chi connectivity index (χ0v) is 10.0. The molecule has 1 unspecified atom stereocenters. The molecule has 1 heterocycles. The van der Waals surface area contributed by atoms with Crippen LogP contribution in [-0.4, -0.2) is 10.1 Å². The average molecular weight is 277 g/mol. The van der Waals surface area contributed by atoms with E-state index in [1.807, 2.05) is 0 Å². The summed E-state index contributed by atoms with van der Waals surface area (Å²) in [5.41, 5.74) is -0.560. The monoisotopic (exact) mass is 276 g/mol. The van der Waals surface area contributed by atoms with Gasteiger partial charge in [0.25, 0.3) is 5.89 Å². The van der Waals surface area contributed by atoms with Crippen molar-refractivity contribution in [3.8, 4) is 11.5 Å². The van der Waals surface area contributed by atoms with Gasteiger partial charge in [-0.3, -0.25) is 0 Å². The minimum Gasteiger partial charge on any atom is -0.334 e. The Kier molecular flexibility index (Phi) is 3.56. The third-order valence-electron chi connectivity index (χ3n) is 2.30. The Morgan fingerprint density at radius 2 is 1.89 bits per heavy atom. The van der Waals surface area contributed by atoms with E-state index >= 15 is 0 Å². The molecule has 0 spiro atoms. The molecular formula is C11H8ClF3N2O. The van der Waals surface area contributed by atoms with E-state index in [9.17, 15) is 13.2 Å². The fraction of sp³-hybridized carbons (Fsp3) is 0.273. The van der Waals surface area contributed by atoms with Crippen LogP contribution in [0.3, 0.4) is 0 Å². The van der Waals surface area contributed by atoms with Crippen LogP contribution in [0.4, 0.5) is 13.2 Å². The SMILES string of the molecule is CCC(Cl)c1noc(-c2c(F)cc(F)cc2F)n1. The minimum absolute atomic E-state index is 0.136. The average Bonchev–Trinajstić information content (AvgIpc) is 2.76. The molecule has 0 bridgehead atoms. The molecule has 0 aliphatic carbocycles. The molecule has 0 aliphatic heterocycles. The van der Waals surface area contributed by atoms with E-state index in [0.29, 0.717) is 18.6 Å². The lowest BCUT2D eigenvalue weighted by Gasteiger charge is -2.00. The van der Waals surface area contributed by atoms with Gasteiger partial charge in [0.2, 0.25) is 0 Å². The summed E-state index contributed by atoms with van der Waals surface area (Å²) in [6.07, 6.45) is 0.537. The van der Waals surface area contributed by atoms with E-state index in [-0.39, 0.29) is 11.7 Å². The number of alkyl halides is 1. The van der Waals surface area contributed by atoms with Gasteiger partial charge in [-0.25, -0.2) is 13.2 Å². The first-order valence-corrected chi connectivity index (χ1v) is 5.59. The maximum absolute atomic E-state index is 13.4. The molecule has 0 saturated heterocycles. The first-order valence-electron chi connectivity index (χ1n) is 5.15. The Bertz CT molecular complexity index is 550. The van der Waals surface area contributed by atoms with Crippen LogP contribution < -0.4 is 0 Å². The zero-order chi connectivity index (χ0) is 13.3. The minimum atomic E-state index is -1.11. The normalized spacial score (nSPS) is 12.7. The molecule has 0 radical (unpaired) electrons. The summed E-state index contributed by atoms with van der Waals surface area (Å²) in [4.78, 5) is 3.79. The Balaban J connectivity index is 2.46. The molecule has 1 atom stereocenters. The lowest BCUT2D eigenvalue weighted by molar-refractivity contribution is 0.415. The number of aromatic nitrogens is 2. The topological polar surface area (TPSA) is 38.9 Å². The highest BCUT2D eigenvalue weighted by molar-refractivity contribution is 6.20. The first kappa shape index (κ1) is 12.9. The predicted molar refractivity (Wildman–Crippen MR) is 58.5 cm³/mol. The maximum atomic E-state index is 13.4. The van der Waals surface area contributed by atoms with E-state index in [1.54, 1.807) is 6.92 Å². The van der Waals surface area contributed by atoms with Crippen molar-refractivity contribution >= 4 is 11.6 Å². The summed E-state index contributed by atoms with van der Waals surface area (Å²) in [5.74, 6) is -3.45. The Hall–Kier alpha value is -1.56. The summed E-state index contributed by atoms with van der Waals surface area (Å²) >= 11 is 5.86. The fourth-order valence-electron chi connectivity index (χ4n) is 1.39. The van der Waals surface area contributed by atoms with Crippen LogP contribution in [0.2, 0.25) is 0 Å². The highest BCUT2D eigenvalue weighted by atomic mass is 35.5.